The zero-order valence-corrected chi connectivity index (χ0v) is 20.5. The van der Waals surface area contributed by atoms with Crippen LogP contribution in [-0.4, -0.2) is 41.1 Å². The molecule has 1 aliphatic carbocycles. The van der Waals surface area contributed by atoms with Crippen LogP contribution in [0.5, 0.6) is 0 Å². The molecule has 33 heavy (non-hydrogen) atoms. The Morgan fingerprint density at radius 1 is 1.15 bits per heavy atom. The number of hydrogen-bond acceptors (Lipinski definition) is 6. The summed E-state index contributed by atoms with van der Waals surface area (Å²) < 4.78 is 6.81. The highest BCUT2D eigenvalue weighted by molar-refractivity contribution is 7.09. The highest BCUT2D eigenvalue weighted by atomic mass is 32.1. The minimum absolute atomic E-state index is 0.0158. The molecule has 1 unspecified atom stereocenters. The first-order valence-electron chi connectivity index (χ1n) is 11.7. The molecule has 0 saturated heterocycles. The summed E-state index contributed by atoms with van der Waals surface area (Å²) >= 11 is 1.50. The van der Waals surface area contributed by atoms with Crippen molar-refractivity contribution in [1.82, 2.24) is 20.2 Å². The van der Waals surface area contributed by atoms with Gasteiger partial charge in [0.25, 0.3) is 11.8 Å². The number of hydrogen-bond donors (Lipinski definition) is 2. The third-order valence-corrected chi connectivity index (χ3v) is 6.78. The van der Waals surface area contributed by atoms with Crippen molar-refractivity contribution in [3.05, 3.63) is 49.8 Å². The van der Waals surface area contributed by atoms with Crippen molar-refractivity contribution in [2.24, 2.45) is 0 Å². The Bertz CT molecular complexity index is 1010. The zero-order valence-electron chi connectivity index (χ0n) is 19.7. The van der Waals surface area contributed by atoms with Gasteiger partial charge in [-0.3, -0.25) is 14.4 Å². The van der Waals surface area contributed by atoms with E-state index in [1.165, 1.54) is 43.0 Å². The molecule has 2 amide bonds. The van der Waals surface area contributed by atoms with Crippen LogP contribution in [0, 0.1) is 6.92 Å². The molecule has 0 spiro atoms. The molecule has 2 N–H and O–H groups in total. The second kappa shape index (κ2) is 12.1. The topological polar surface area (TPSA) is 102 Å². The summed E-state index contributed by atoms with van der Waals surface area (Å²) in [5, 5.41) is 8.67. The van der Waals surface area contributed by atoms with E-state index in [0.717, 1.165) is 36.4 Å². The van der Waals surface area contributed by atoms with Crippen LogP contribution in [-0.2, 0) is 11.3 Å². The van der Waals surface area contributed by atoms with Gasteiger partial charge in [-0.2, -0.15) is 0 Å². The van der Waals surface area contributed by atoms with Crippen molar-refractivity contribution < 1.29 is 14.3 Å². The molecule has 1 aliphatic rings. The monoisotopic (exact) mass is 474 g/mol. The number of carbonyl (C=O) groups excluding carboxylic acids is 2. The van der Waals surface area contributed by atoms with Gasteiger partial charge >= 0.3 is 0 Å². The quantitative estimate of drug-likeness (QED) is 0.609. The molecule has 2 aromatic heterocycles. The number of thiazole rings is 1. The van der Waals surface area contributed by atoms with Crippen LogP contribution in [0.1, 0.15) is 89.3 Å². The first-order chi connectivity index (χ1) is 15.9. The Hall–Kier alpha value is -2.52. The number of carbonyl (C=O) groups is 2. The number of methoxy groups -OCH3 is 1. The Balaban J connectivity index is 1.83. The molecule has 1 atom stereocenters. The van der Waals surface area contributed by atoms with Gasteiger partial charge < -0.3 is 19.9 Å². The van der Waals surface area contributed by atoms with Crippen molar-refractivity contribution in [2.75, 3.05) is 13.7 Å². The molecule has 3 rings (SSSR count). The Morgan fingerprint density at radius 2 is 1.79 bits per heavy atom. The first kappa shape index (κ1) is 25.1. The summed E-state index contributed by atoms with van der Waals surface area (Å²) in [6, 6.07) is -0.309. The normalized spacial score (nSPS) is 16.0. The molecule has 0 bridgehead atoms. The summed E-state index contributed by atoms with van der Waals surface area (Å²) in [6.45, 7) is 4.53. The molecular weight excluding hydrogens is 440 g/mol. The van der Waals surface area contributed by atoms with Crippen molar-refractivity contribution in [3.63, 3.8) is 0 Å². The highest BCUT2D eigenvalue weighted by Gasteiger charge is 2.23. The smallest absolute Gasteiger partial charge is 0.257 e. The summed E-state index contributed by atoms with van der Waals surface area (Å²) in [7, 11) is 1.58. The molecule has 9 heteroatoms. The lowest BCUT2D eigenvalue weighted by Crippen LogP contribution is -2.40. The van der Waals surface area contributed by atoms with E-state index < -0.39 is 17.2 Å². The second-order valence-corrected chi connectivity index (χ2v) is 9.71. The van der Waals surface area contributed by atoms with Gasteiger partial charge in [-0.05, 0) is 26.7 Å². The molecule has 0 aliphatic heterocycles. The van der Waals surface area contributed by atoms with Gasteiger partial charge in [-0.25, -0.2) is 4.98 Å². The molecule has 2 aromatic rings. The van der Waals surface area contributed by atoms with E-state index in [-0.39, 0.29) is 23.2 Å². The largest absolute Gasteiger partial charge is 0.383 e. The molecule has 0 aromatic carbocycles. The van der Waals surface area contributed by atoms with E-state index in [2.05, 4.69) is 15.6 Å². The van der Waals surface area contributed by atoms with Crippen LogP contribution in [0.25, 0.3) is 0 Å². The lowest BCUT2D eigenvalue weighted by Gasteiger charge is -2.21. The Morgan fingerprint density at radius 3 is 2.39 bits per heavy atom. The minimum atomic E-state index is -0.564. The van der Waals surface area contributed by atoms with Crippen LogP contribution in [0.3, 0.4) is 0 Å². The predicted molar refractivity (Wildman–Crippen MR) is 129 cm³/mol. The SMILES string of the molecule is COCCn1cc(C(=O)NC2CCCCCCC2)c(=O)c(C(=O)NC(C)c2csc(C)n2)c1. The summed E-state index contributed by atoms with van der Waals surface area (Å²) in [4.78, 5) is 43.7. The fourth-order valence-electron chi connectivity index (χ4n) is 4.07. The summed E-state index contributed by atoms with van der Waals surface area (Å²) in [6.07, 6.45) is 10.5. The van der Waals surface area contributed by atoms with E-state index >= 15 is 0 Å². The van der Waals surface area contributed by atoms with E-state index in [4.69, 9.17) is 4.74 Å². The van der Waals surface area contributed by atoms with Gasteiger partial charge in [0.2, 0.25) is 5.43 Å². The number of nitrogens with zero attached hydrogens (tertiary/aromatic N) is 2. The molecule has 2 heterocycles. The van der Waals surface area contributed by atoms with Gasteiger partial charge in [0.15, 0.2) is 0 Å². The molecule has 8 nitrogen and oxygen atoms in total. The van der Waals surface area contributed by atoms with E-state index in [1.54, 1.807) is 11.7 Å². The van der Waals surface area contributed by atoms with Crippen LogP contribution in [0.15, 0.2) is 22.6 Å². The number of amides is 2. The first-order valence-corrected chi connectivity index (χ1v) is 12.5. The van der Waals surface area contributed by atoms with Gasteiger partial charge in [-0.15, -0.1) is 11.3 Å². The lowest BCUT2D eigenvalue weighted by atomic mass is 9.96. The van der Waals surface area contributed by atoms with E-state index in [0.29, 0.717) is 13.2 Å². The maximum atomic E-state index is 13.2. The fraction of sp³-hybridized carbons (Fsp3) is 0.583. The second-order valence-electron chi connectivity index (χ2n) is 8.65. The average molecular weight is 475 g/mol. The summed E-state index contributed by atoms with van der Waals surface area (Å²) in [5.41, 5.74) is 0.100. The van der Waals surface area contributed by atoms with Crippen LogP contribution in [0.2, 0.25) is 0 Å². The number of nitrogens with one attached hydrogen (secondary N) is 2. The zero-order chi connectivity index (χ0) is 23.8. The van der Waals surface area contributed by atoms with Crippen molar-refractivity contribution in [1.29, 1.82) is 0 Å². The van der Waals surface area contributed by atoms with Crippen LogP contribution < -0.4 is 16.1 Å². The van der Waals surface area contributed by atoms with E-state index in [1.807, 2.05) is 19.2 Å². The summed E-state index contributed by atoms with van der Waals surface area (Å²) in [5.74, 6) is -0.945. The molecule has 0 radical (unpaired) electrons. The van der Waals surface area contributed by atoms with Gasteiger partial charge in [0, 0.05) is 37.5 Å². The molecule has 180 valence electrons. The van der Waals surface area contributed by atoms with Gasteiger partial charge in [0.05, 0.1) is 23.4 Å². The Kier molecular flexibility index (Phi) is 9.20. The minimum Gasteiger partial charge on any atom is -0.383 e. The fourth-order valence-corrected chi connectivity index (χ4v) is 4.78. The van der Waals surface area contributed by atoms with Gasteiger partial charge in [-0.1, -0.05) is 32.1 Å². The standard InChI is InChI=1S/C24H34N4O4S/c1-16(21-15-33-17(2)26-21)25-23(30)19-13-28(11-12-32-3)14-20(22(19)29)24(31)27-18-9-7-5-4-6-8-10-18/h13-16,18H,4-12H2,1-3H3,(H,25,30)(H,27,31). The Labute approximate surface area is 198 Å². The average Bonchev–Trinajstić information content (AvgIpc) is 3.21. The number of rotatable bonds is 8. The number of ether oxygens (including phenoxy) is 1. The number of aromatic nitrogens is 2. The van der Waals surface area contributed by atoms with Crippen molar-refractivity contribution >= 4 is 23.2 Å². The third-order valence-electron chi connectivity index (χ3n) is 5.99. The lowest BCUT2D eigenvalue weighted by molar-refractivity contribution is 0.0928. The van der Waals surface area contributed by atoms with E-state index in [9.17, 15) is 14.4 Å². The third kappa shape index (κ3) is 6.98. The van der Waals surface area contributed by atoms with Crippen LogP contribution in [0.4, 0.5) is 0 Å². The predicted octanol–water partition coefficient (Wildman–Crippen LogP) is 3.59. The maximum Gasteiger partial charge on any atom is 0.257 e. The number of aryl methyl sites for hydroxylation is 1. The molecule has 1 fully saturated rings. The highest BCUT2D eigenvalue weighted by Crippen LogP contribution is 2.18. The van der Waals surface area contributed by atoms with Crippen LogP contribution >= 0.6 is 11.3 Å². The molecular formula is C24H34N4O4S. The molecule has 1 saturated carbocycles. The van der Waals surface area contributed by atoms with Gasteiger partial charge in [0.1, 0.15) is 11.1 Å². The van der Waals surface area contributed by atoms with Crippen molar-refractivity contribution in [3.8, 4) is 0 Å². The van der Waals surface area contributed by atoms with Crippen molar-refractivity contribution in [2.45, 2.75) is 77.4 Å². The maximum absolute atomic E-state index is 13.2. The number of pyridine rings is 1.